The lowest BCUT2D eigenvalue weighted by atomic mass is 10.2. The molecule has 2 rings (SSSR count). The Balaban J connectivity index is 2.40. The van der Waals surface area contributed by atoms with Crippen LogP contribution in [0.5, 0.6) is 5.75 Å². The molecule has 7 heteroatoms. The molecule has 1 N–H and O–H groups in total. The molecule has 2 aromatic rings. The van der Waals surface area contributed by atoms with E-state index < -0.39 is 0 Å². The summed E-state index contributed by atoms with van der Waals surface area (Å²) in [6.45, 7) is 1.86. The average Bonchev–Trinajstić information content (AvgIpc) is 2.37. The highest BCUT2D eigenvalue weighted by Gasteiger charge is 2.10. The third kappa shape index (κ3) is 3.21. The fourth-order valence-electron chi connectivity index (χ4n) is 1.46. The Morgan fingerprint density at radius 2 is 1.89 bits per heavy atom. The molecule has 0 fully saturated rings. The molecule has 0 aliphatic carbocycles. The number of methoxy groups -OCH3 is 1. The molecule has 1 aromatic carbocycles. The van der Waals surface area contributed by atoms with Gasteiger partial charge in [-0.05, 0) is 24.6 Å². The van der Waals surface area contributed by atoms with Gasteiger partial charge in [0.15, 0.2) is 0 Å². The van der Waals surface area contributed by atoms with Gasteiger partial charge >= 0.3 is 0 Å². The first-order valence-electron chi connectivity index (χ1n) is 5.30. The maximum absolute atomic E-state index is 6.12. The molecule has 0 aliphatic heterocycles. The Morgan fingerprint density at radius 1 is 1.16 bits per heavy atom. The smallest absolute Gasteiger partial charge is 0.224 e. The van der Waals surface area contributed by atoms with E-state index in [1.54, 1.807) is 18.3 Å². The number of hydrogen-bond acceptors (Lipinski definition) is 4. The molecule has 0 atom stereocenters. The van der Waals surface area contributed by atoms with Crippen LogP contribution in [0.2, 0.25) is 15.3 Å². The molecular weight excluding hydrogens is 309 g/mol. The van der Waals surface area contributed by atoms with Gasteiger partial charge in [-0.25, -0.2) is 9.97 Å². The van der Waals surface area contributed by atoms with Crippen LogP contribution in [-0.4, -0.2) is 17.1 Å². The fraction of sp³-hybridized carbons (Fsp3) is 0.167. The Labute approximate surface area is 125 Å². The summed E-state index contributed by atoms with van der Waals surface area (Å²) >= 11 is 17.9. The molecule has 0 unspecified atom stereocenters. The highest BCUT2D eigenvalue weighted by Crippen LogP contribution is 2.35. The molecule has 19 heavy (non-hydrogen) atoms. The SMILES string of the molecule is COc1cc(Nc2nc(Cl)ncc2C)c(Cl)cc1Cl. The minimum Gasteiger partial charge on any atom is -0.495 e. The zero-order chi connectivity index (χ0) is 14.0. The Morgan fingerprint density at radius 3 is 2.58 bits per heavy atom. The Kier molecular flexibility index (Phi) is 4.34. The number of nitrogens with zero attached hydrogens (tertiary/aromatic N) is 2. The summed E-state index contributed by atoms with van der Waals surface area (Å²) in [5, 5.41) is 4.13. The third-order valence-corrected chi connectivity index (χ3v) is 3.23. The van der Waals surface area contributed by atoms with Crippen molar-refractivity contribution >= 4 is 46.3 Å². The van der Waals surface area contributed by atoms with Crippen molar-refractivity contribution in [1.82, 2.24) is 9.97 Å². The molecule has 0 bridgehead atoms. The summed E-state index contributed by atoms with van der Waals surface area (Å²) in [6, 6.07) is 3.29. The van der Waals surface area contributed by atoms with E-state index in [-0.39, 0.29) is 5.28 Å². The third-order valence-electron chi connectivity index (χ3n) is 2.44. The molecule has 4 nitrogen and oxygen atoms in total. The zero-order valence-corrected chi connectivity index (χ0v) is 12.4. The largest absolute Gasteiger partial charge is 0.495 e. The molecule has 0 radical (unpaired) electrons. The van der Waals surface area contributed by atoms with Gasteiger partial charge in [0.1, 0.15) is 11.6 Å². The van der Waals surface area contributed by atoms with Gasteiger partial charge in [0, 0.05) is 17.8 Å². The van der Waals surface area contributed by atoms with Crippen LogP contribution in [0.1, 0.15) is 5.56 Å². The lowest BCUT2D eigenvalue weighted by molar-refractivity contribution is 0.415. The predicted octanol–water partition coefficient (Wildman–Crippen LogP) is 4.50. The highest BCUT2D eigenvalue weighted by atomic mass is 35.5. The van der Waals surface area contributed by atoms with E-state index in [0.29, 0.717) is 27.3 Å². The van der Waals surface area contributed by atoms with E-state index in [0.717, 1.165) is 5.56 Å². The summed E-state index contributed by atoms with van der Waals surface area (Å²) in [7, 11) is 1.53. The number of rotatable bonds is 3. The molecule has 1 aromatic heterocycles. The van der Waals surface area contributed by atoms with E-state index in [4.69, 9.17) is 39.5 Å². The van der Waals surface area contributed by atoms with Crippen molar-refractivity contribution in [1.29, 1.82) is 0 Å². The minimum atomic E-state index is 0.158. The van der Waals surface area contributed by atoms with Gasteiger partial charge in [0.05, 0.1) is 22.8 Å². The number of anilines is 2. The maximum atomic E-state index is 6.12. The van der Waals surface area contributed by atoms with Crippen molar-refractivity contribution < 1.29 is 4.74 Å². The molecule has 0 saturated heterocycles. The van der Waals surface area contributed by atoms with Crippen LogP contribution >= 0.6 is 34.8 Å². The van der Waals surface area contributed by atoms with Crippen LogP contribution in [0.4, 0.5) is 11.5 Å². The standard InChI is InChI=1S/C12H10Cl3N3O/c1-6-5-16-12(15)18-11(6)17-9-4-10(19-2)8(14)3-7(9)13/h3-5H,1-2H3,(H,16,17,18). The quantitative estimate of drug-likeness (QED) is 0.847. The topological polar surface area (TPSA) is 47.0 Å². The van der Waals surface area contributed by atoms with Gasteiger partial charge in [-0.3, -0.25) is 0 Å². The number of aryl methyl sites for hydroxylation is 1. The Hall–Kier alpha value is -1.23. The number of benzene rings is 1. The molecule has 0 spiro atoms. The summed E-state index contributed by atoms with van der Waals surface area (Å²) in [4.78, 5) is 7.98. The first-order chi connectivity index (χ1) is 9.01. The minimum absolute atomic E-state index is 0.158. The molecule has 0 aliphatic rings. The van der Waals surface area contributed by atoms with E-state index in [1.807, 2.05) is 6.92 Å². The number of hydrogen-bond donors (Lipinski definition) is 1. The number of aromatic nitrogens is 2. The van der Waals surface area contributed by atoms with E-state index >= 15 is 0 Å². The lowest BCUT2D eigenvalue weighted by Gasteiger charge is -2.12. The highest BCUT2D eigenvalue weighted by molar-refractivity contribution is 6.37. The molecule has 0 saturated carbocycles. The van der Waals surface area contributed by atoms with Crippen molar-refractivity contribution in [2.75, 3.05) is 12.4 Å². The van der Waals surface area contributed by atoms with Crippen molar-refractivity contribution in [2.24, 2.45) is 0 Å². The monoisotopic (exact) mass is 317 g/mol. The molecule has 100 valence electrons. The first-order valence-corrected chi connectivity index (χ1v) is 6.44. The van der Waals surface area contributed by atoms with Gasteiger partial charge in [-0.1, -0.05) is 23.2 Å². The Bertz CT molecular complexity index is 619. The van der Waals surface area contributed by atoms with Gasteiger partial charge < -0.3 is 10.1 Å². The molecular formula is C12H10Cl3N3O. The number of halogens is 3. The van der Waals surface area contributed by atoms with Crippen LogP contribution < -0.4 is 10.1 Å². The van der Waals surface area contributed by atoms with E-state index in [2.05, 4.69) is 15.3 Å². The summed E-state index contributed by atoms with van der Waals surface area (Å²) in [5.41, 5.74) is 1.47. The van der Waals surface area contributed by atoms with Crippen molar-refractivity contribution in [3.63, 3.8) is 0 Å². The maximum Gasteiger partial charge on any atom is 0.224 e. The fourth-order valence-corrected chi connectivity index (χ4v) is 2.10. The average molecular weight is 319 g/mol. The van der Waals surface area contributed by atoms with Crippen molar-refractivity contribution in [2.45, 2.75) is 6.92 Å². The van der Waals surface area contributed by atoms with Crippen molar-refractivity contribution in [3.8, 4) is 5.75 Å². The second-order valence-corrected chi connectivity index (χ2v) is 4.91. The molecule has 1 heterocycles. The van der Waals surface area contributed by atoms with Crippen LogP contribution in [0, 0.1) is 6.92 Å². The van der Waals surface area contributed by atoms with Crippen LogP contribution in [0.25, 0.3) is 0 Å². The lowest BCUT2D eigenvalue weighted by Crippen LogP contribution is -1.99. The van der Waals surface area contributed by atoms with Crippen LogP contribution in [-0.2, 0) is 0 Å². The second kappa shape index (κ2) is 5.82. The van der Waals surface area contributed by atoms with Crippen molar-refractivity contribution in [3.05, 3.63) is 39.2 Å². The van der Waals surface area contributed by atoms with Crippen LogP contribution in [0.3, 0.4) is 0 Å². The van der Waals surface area contributed by atoms with Gasteiger partial charge in [-0.15, -0.1) is 0 Å². The van der Waals surface area contributed by atoms with E-state index in [1.165, 1.54) is 7.11 Å². The normalized spacial score (nSPS) is 10.4. The summed E-state index contributed by atoms with van der Waals surface area (Å²) in [6.07, 6.45) is 1.62. The van der Waals surface area contributed by atoms with Gasteiger partial charge in [-0.2, -0.15) is 0 Å². The van der Waals surface area contributed by atoms with Crippen LogP contribution in [0.15, 0.2) is 18.3 Å². The number of ether oxygens (including phenoxy) is 1. The van der Waals surface area contributed by atoms with Gasteiger partial charge in [0.2, 0.25) is 5.28 Å². The first kappa shape index (κ1) is 14.2. The molecule has 0 amide bonds. The van der Waals surface area contributed by atoms with Gasteiger partial charge in [0.25, 0.3) is 0 Å². The summed E-state index contributed by atoms with van der Waals surface area (Å²) < 4.78 is 5.14. The summed E-state index contributed by atoms with van der Waals surface area (Å²) in [5.74, 6) is 1.10. The second-order valence-electron chi connectivity index (χ2n) is 3.76. The zero-order valence-electron chi connectivity index (χ0n) is 10.2. The number of nitrogens with one attached hydrogen (secondary N) is 1. The predicted molar refractivity (Wildman–Crippen MR) is 78.1 cm³/mol. The van der Waals surface area contributed by atoms with E-state index in [9.17, 15) is 0 Å².